The monoisotopic (exact) mass is 277 g/mol. The van der Waals surface area contributed by atoms with Gasteiger partial charge in [-0.3, -0.25) is 9.59 Å². The minimum absolute atomic E-state index is 0.0470. The van der Waals surface area contributed by atoms with E-state index in [0.29, 0.717) is 5.75 Å². The number of nitrogens with zero attached hydrogens (tertiary/aromatic N) is 1. The Bertz CT molecular complexity index is 539. The maximum Gasteiger partial charge on any atom is 0.315 e. The fourth-order valence-electron chi connectivity index (χ4n) is 2.39. The molecule has 20 heavy (non-hydrogen) atoms. The standard InChI is InChI=1S/C15H19NO4/c1-9-11-6-5-10(16(2)3)7-13(11)20-15(18)12(9)8-14(17)19-4/h5-7,9,12H,8H2,1-4H3. The van der Waals surface area contributed by atoms with Gasteiger partial charge in [0.2, 0.25) is 0 Å². The van der Waals surface area contributed by atoms with Gasteiger partial charge < -0.3 is 14.4 Å². The number of fused-ring (bicyclic) bond motifs is 1. The zero-order valence-electron chi connectivity index (χ0n) is 12.2. The molecular formula is C15H19NO4. The first-order valence-electron chi connectivity index (χ1n) is 6.53. The molecule has 0 N–H and O–H groups in total. The molecule has 1 heterocycles. The summed E-state index contributed by atoms with van der Waals surface area (Å²) in [5.74, 6) is -0.741. The van der Waals surface area contributed by atoms with Crippen LogP contribution in [0.3, 0.4) is 0 Å². The highest BCUT2D eigenvalue weighted by molar-refractivity contribution is 5.84. The predicted octanol–water partition coefficient (Wildman–Crippen LogP) is 1.95. The van der Waals surface area contributed by atoms with Gasteiger partial charge in [0.1, 0.15) is 5.75 Å². The van der Waals surface area contributed by atoms with Crippen LogP contribution in [-0.2, 0) is 14.3 Å². The molecule has 5 nitrogen and oxygen atoms in total. The molecule has 0 radical (unpaired) electrons. The van der Waals surface area contributed by atoms with E-state index >= 15 is 0 Å². The molecule has 1 aliphatic heterocycles. The zero-order valence-corrected chi connectivity index (χ0v) is 12.2. The van der Waals surface area contributed by atoms with Gasteiger partial charge in [0.05, 0.1) is 19.4 Å². The molecule has 2 atom stereocenters. The molecule has 0 saturated heterocycles. The van der Waals surface area contributed by atoms with Crippen molar-refractivity contribution in [1.82, 2.24) is 0 Å². The van der Waals surface area contributed by atoms with Gasteiger partial charge in [-0.2, -0.15) is 0 Å². The molecule has 1 aromatic carbocycles. The van der Waals surface area contributed by atoms with Gasteiger partial charge in [-0.15, -0.1) is 0 Å². The molecule has 0 saturated carbocycles. The number of carbonyl (C=O) groups excluding carboxylic acids is 2. The summed E-state index contributed by atoms with van der Waals surface area (Å²) < 4.78 is 10.0. The predicted molar refractivity (Wildman–Crippen MR) is 74.9 cm³/mol. The van der Waals surface area contributed by atoms with Crippen molar-refractivity contribution in [3.63, 3.8) is 0 Å². The number of rotatable bonds is 3. The molecule has 1 aliphatic rings. The molecule has 0 aromatic heterocycles. The highest BCUT2D eigenvalue weighted by atomic mass is 16.5. The number of ether oxygens (including phenoxy) is 2. The number of anilines is 1. The maximum atomic E-state index is 12.1. The summed E-state index contributed by atoms with van der Waals surface area (Å²) in [6, 6.07) is 5.77. The molecule has 1 aromatic rings. The van der Waals surface area contributed by atoms with Gasteiger partial charge in [-0.1, -0.05) is 13.0 Å². The molecule has 0 bridgehead atoms. The molecule has 0 fully saturated rings. The van der Waals surface area contributed by atoms with Gasteiger partial charge >= 0.3 is 11.9 Å². The molecule has 0 amide bonds. The Hall–Kier alpha value is -2.04. The fraction of sp³-hybridized carbons (Fsp3) is 0.467. The third kappa shape index (κ3) is 2.61. The van der Waals surface area contributed by atoms with Crippen molar-refractivity contribution in [2.24, 2.45) is 5.92 Å². The van der Waals surface area contributed by atoms with E-state index in [-0.39, 0.29) is 18.3 Å². The van der Waals surface area contributed by atoms with Gasteiger partial charge in [0.15, 0.2) is 0 Å². The first kappa shape index (κ1) is 14.4. The number of methoxy groups -OCH3 is 1. The molecule has 108 valence electrons. The maximum absolute atomic E-state index is 12.1. The molecule has 5 heteroatoms. The van der Waals surface area contributed by atoms with Crippen LogP contribution >= 0.6 is 0 Å². The molecule has 2 rings (SSSR count). The van der Waals surface area contributed by atoms with Crippen molar-refractivity contribution >= 4 is 17.6 Å². The fourth-order valence-corrected chi connectivity index (χ4v) is 2.39. The van der Waals surface area contributed by atoms with Crippen LogP contribution in [0.1, 0.15) is 24.8 Å². The van der Waals surface area contributed by atoms with Crippen LogP contribution in [0, 0.1) is 5.92 Å². The summed E-state index contributed by atoms with van der Waals surface area (Å²) in [5.41, 5.74) is 1.92. The van der Waals surface area contributed by atoms with Crippen LogP contribution in [0.5, 0.6) is 5.75 Å². The molecule has 0 aliphatic carbocycles. The van der Waals surface area contributed by atoms with Gasteiger partial charge in [-0.25, -0.2) is 0 Å². The van der Waals surface area contributed by atoms with E-state index in [1.54, 1.807) is 0 Å². The average Bonchev–Trinajstić information content (AvgIpc) is 2.42. The van der Waals surface area contributed by atoms with Gasteiger partial charge in [0.25, 0.3) is 0 Å². The van der Waals surface area contributed by atoms with Crippen molar-refractivity contribution < 1.29 is 19.1 Å². The normalized spacial score (nSPS) is 20.9. The van der Waals surface area contributed by atoms with Crippen molar-refractivity contribution in [3.8, 4) is 5.75 Å². The highest BCUT2D eigenvalue weighted by Gasteiger charge is 2.36. The van der Waals surface area contributed by atoms with E-state index in [9.17, 15) is 9.59 Å². The van der Waals surface area contributed by atoms with E-state index in [0.717, 1.165) is 11.3 Å². The molecule has 2 unspecified atom stereocenters. The topological polar surface area (TPSA) is 55.8 Å². The summed E-state index contributed by atoms with van der Waals surface area (Å²) in [7, 11) is 5.17. The Morgan fingerprint density at radius 1 is 1.40 bits per heavy atom. The first-order chi connectivity index (χ1) is 9.43. The zero-order chi connectivity index (χ0) is 14.9. The smallest absolute Gasteiger partial charge is 0.315 e. The Morgan fingerprint density at radius 3 is 2.70 bits per heavy atom. The van der Waals surface area contributed by atoms with Crippen molar-refractivity contribution in [3.05, 3.63) is 23.8 Å². The van der Waals surface area contributed by atoms with Crippen LogP contribution in [0.25, 0.3) is 0 Å². The van der Waals surface area contributed by atoms with E-state index in [1.807, 2.05) is 44.1 Å². The lowest BCUT2D eigenvalue weighted by Gasteiger charge is -2.29. The van der Waals surface area contributed by atoms with Crippen molar-refractivity contribution in [1.29, 1.82) is 0 Å². The lowest BCUT2D eigenvalue weighted by molar-refractivity contribution is -0.150. The summed E-state index contributed by atoms with van der Waals surface area (Å²) in [5, 5.41) is 0. The Morgan fingerprint density at radius 2 is 2.10 bits per heavy atom. The number of hydrogen-bond acceptors (Lipinski definition) is 5. The Kier molecular flexibility index (Phi) is 3.97. The first-order valence-corrected chi connectivity index (χ1v) is 6.53. The lowest BCUT2D eigenvalue weighted by atomic mass is 9.83. The lowest BCUT2D eigenvalue weighted by Crippen LogP contribution is -2.32. The van der Waals surface area contributed by atoms with E-state index < -0.39 is 11.9 Å². The van der Waals surface area contributed by atoms with E-state index in [1.165, 1.54) is 7.11 Å². The SMILES string of the molecule is COC(=O)CC1C(=O)Oc2cc(N(C)C)ccc2C1C. The summed E-state index contributed by atoms with van der Waals surface area (Å²) >= 11 is 0. The minimum Gasteiger partial charge on any atom is -0.469 e. The van der Waals surface area contributed by atoms with Crippen LogP contribution in [-0.4, -0.2) is 33.1 Å². The number of hydrogen-bond donors (Lipinski definition) is 0. The number of carbonyl (C=O) groups is 2. The third-order valence-electron chi connectivity index (χ3n) is 3.74. The average molecular weight is 277 g/mol. The third-order valence-corrected chi connectivity index (χ3v) is 3.74. The molecular weight excluding hydrogens is 258 g/mol. The van der Waals surface area contributed by atoms with Crippen LogP contribution in [0.4, 0.5) is 5.69 Å². The van der Waals surface area contributed by atoms with E-state index in [2.05, 4.69) is 4.74 Å². The van der Waals surface area contributed by atoms with Gasteiger partial charge in [0, 0.05) is 25.8 Å². The second-order valence-electron chi connectivity index (χ2n) is 5.21. The second kappa shape index (κ2) is 5.53. The van der Waals surface area contributed by atoms with Crippen molar-refractivity contribution in [2.75, 3.05) is 26.1 Å². The largest absolute Gasteiger partial charge is 0.469 e. The summed E-state index contributed by atoms with van der Waals surface area (Å²) in [6.07, 6.45) is 0.0470. The molecule has 0 spiro atoms. The van der Waals surface area contributed by atoms with Crippen LogP contribution in [0.15, 0.2) is 18.2 Å². The second-order valence-corrected chi connectivity index (χ2v) is 5.21. The highest BCUT2D eigenvalue weighted by Crippen LogP contribution is 2.40. The minimum atomic E-state index is -0.486. The van der Waals surface area contributed by atoms with Crippen LogP contribution in [0.2, 0.25) is 0 Å². The number of benzene rings is 1. The summed E-state index contributed by atoms with van der Waals surface area (Å²) in [4.78, 5) is 25.4. The van der Waals surface area contributed by atoms with Gasteiger partial charge in [-0.05, 0) is 17.5 Å². The van der Waals surface area contributed by atoms with Crippen molar-refractivity contribution in [2.45, 2.75) is 19.3 Å². The number of esters is 2. The Balaban J connectivity index is 2.31. The Labute approximate surface area is 118 Å². The quantitative estimate of drug-likeness (QED) is 0.624. The summed E-state index contributed by atoms with van der Waals surface area (Å²) in [6.45, 7) is 1.93. The van der Waals surface area contributed by atoms with Crippen LogP contribution < -0.4 is 9.64 Å². The van der Waals surface area contributed by atoms with E-state index in [4.69, 9.17) is 4.74 Å².